The third-order valence-electron chi connectivity index (χ3n) is 1.02. The normalized spacial score (nSPS) is 15.7. The zero-order chi connectivity index (χ0) is 9.07. The lowest BCUT2D eigenvalue weighted by molar-refractivity contribution is 0.115. The number of hydrogen-bond acceptors (Lipinski definition) is 4. The zero-order valence-electron chi connectivity index (χ0n) is 6.60. The van der Waals surface area contributed by atoms with Gasteiger partial charge in [-0.05, 0) is 0 Å². The van der Waals surface area contributed by atoms with E-state index in [4.69, 9.17) is 4.89 Å². The molecule has 0 bridgehead atoms. The van der Waals surface area contributed by atoms with Gasteiger partial charge < -0.3 is 14.2 Å². The van der Waals surface area contributed by atoms with Crippen molar-refractivity contribution in [1.29, 1.82) is 0 Å². The highest BCUT2D eigenvalue weighted by atomic mass is 31.2. The van der Waals surface area contributed by atoms with Crippen LogP contribution in [0, 0.1) is 0 Å². The second kappa shape index (κ2) is 3.74. The van der Waals surface area contributed by atoms with E-state index in [0.717, 1.165) is 7.11 Å². The van der Waals surface area contributed by atoms with Crippen LogP contribution in [-0.2, 0) is 13.8 Å². The van der Waals surface area contributed by atoms with Gasteiger partial charge in [0, 0.05) is 0 Å². The predicted molar refractivity (Wildman–Crippen MR) is 38.5 cm³/mol. The highest BCUT2D eigenvalue weighted by Gasteiger charge is 2.28. The summed E-state index contributed by atoms with van der Waals surface area (Å²) in [6, 6.07) is 0. The lowest BCUT2D eigenvalue weighted by Crippen LogP contribution is -2.07. The quantitative estimate of drug-likeness (QED) is 0.515. The summed E-state index contributed by atoms with van der Waals surface area (Å²) >= 11 is 0. The molecule has 0 aliphatic heterocycles. The number of methoxy groups -OCH3 is 1. The topological polar surface area (TPSA) is 72.8 Å². The molecule has 0 aromatic carbocycles. The van der Waals surface area contributed by atoms with Crippen LogP contribution in [0.4, 0.5) is 4.79 Å². The standard InChI is InChI=1S/C5H11O5P/c1-4(2)11(7,8)10-5(6)9-3/h4H,1-3H3,(H,7,8). The molecule has 0 spiro atoms. The molecule has 1 atom stereocenters. The minimum atomic E-state index is -3.81. The fourth-order valence-corrected chi connectivity index (χ4v) is 0.748. The van der Waals surface area contributed by atoms with Crippen molar-refractivity contribution in [3.05, 3.63) is 0 Å². The van der Waals surface area contributed by atoms with E-state index in [1.54, 1.807) is 0 Å². The number of carbonyl (C=O) groups is 1. The Labute approximate surface area is 64.8 Å². The van der Waals surface area contributed by atoms with E-state index in [1.165, 1.54) is 13.8 Å². The maximum Gasteiger partial charge on any atom is 0.514 e. The highest BCUT2D eigenvalue weighted by Crippen LogP contribution is 2.47. The van der Waals surface area contributed by atoms with Gasteiger partial charge in [0.25, 0.3) is 0 Å². The lowest BCUT2D eigenvalue weighted by Gasteiger charge is -2.13. The third-order valence-corrected chi connectivity index (χ3v) is 2.74. The smallest absolute Gasteiger partial charge is 0.437 e. The molecule has 0 saturated heterocycles. The molecule has 0 radical (unpaired) electrons. The fraction of sp³-hybridized carbons (Fsp3) is 0.800. The summed E-state index contributed by atoms with van der Waals surface area (Å²) in [6.07, 6.45) is -1.13. The Bertz CT molecular complexity index is 187. The Kier molecular flexibility index (Phi) is 3.55. The van der Waals surface area contributed by atoms with Crippen molar-refractivity contribution in [2.24, 2.45) is 0 Å². The number of hydrogen-bond donors (Lipinski definition) is 1. The van der Waals surface area contributed by atoms with Crippen molar-refractivity contribution in [3.8, 4) is 0 Å². The Morgan fingerprint density at radius 3 is 2.27 bits per heavy atom. The Morgan fingerprint density at radius 2 is 2.00 bits per heavy atom. The van der Waals surface area contributed by atoms with Crippen LogP contribution in [0.15, 0.2) is 0 Å². The van der Waals surface area contributed by atoms with Crippen molar-refractivity contribution >= 4 is 13.8 Å². The molecule has 5 nitrogen and oxygen atoms in total. The van der Waals surface area contributed by atoms with E-state index in [-0.39, 0.29) is 0 Å². The van der Waals surface area contributed by atoms with Gasteiger partial charge in [-0.25, -0.2) is 9.36 Å². The summed E-state index contributed by atoms with van der Waals surface area (Å²) in [7, 11) is -2.74. The van der Waals surface area contributed by atoms with Crippen LogP contribution >= 0.6 is 7.60 Å². The van der Waals surface area contributed by atoms with Gasteiger partial charge >= 0.3 is 13.8 Å². The molecule has 0 fully saturated rings. The maximum atomic E-state index is 10.9. The molecular formula is C5H11O5P. The Morgan fingerprint density at radius 1 is 1.55 bits per heavy atom. The molecule has 0 aromatic rings. The Balaban J connectivity index is 4.14. The molecule has 0 heterocycles. The van der Waals surface area contributed by atoms with Gasteiger partial charge in [-0.3, -0.25) is 0 Å². The van der Waals surface area contributed by atoms with Gasteiger partial charge in [0.05, 0.1) is 12.8 Å². The minimum Gasteiger partial charge on any atom is -0.437 e. The zero-order valence-corrected chi connectivity index (χ0v) is 7.50. The van der Waals surface area contributed by atoms with Crippen LogP contribution < -0.4 is 0 Å². The van der Waals surface area contributed by atoms with Gasteiger partial charge in [0.2, 0.25) is 0 Å². The van der Waals surface area contributed by atoms with Gasteiger partial charge in [0.1, 0.15) is 0 Å². The first-order valence-corrected chi connectivity index (χ1v) is 4.65. The van der Waals surface area contributed by atoms with Crippen LogP contribution in [0.5, 0.6) is 0 Å². The number of carbonyl (C=O) groups excluding carboxylic acids is 1. The molecule has 1 unspecified atom stereocenters. The molecule has 0 aromatic heterocycles. The summed E-state index contributed by atoms with van der Waals surface area (Å²) in [5, 5.41) is 0. The average molecular weight is 182 g/mol. The fourth-order valence-electron chi connectivity index (χ4n) is 0.249. The maximum absolute atomic E-state index is 10.9. The van der Waals surface area contributed by atoms with Crippen LogP contribution in [0.2, 0.25) is 0 Å². The summed E-state index contributed by atoms with van der Waals surface area (Å²) in [4.78, 5) is 19.3. The number of rotatable bonds is 2. The van der Waals surface area contributed by atoms with Gasteiger partial charge in [-0.1, -0.05) is 13.8 Å². The largest absolute Gasteiger partial charge is 0.514 e. The van der Waals surface area contributed by atoms with E-state index >= 15 is 0 Å². The van der Waals surface area contributed by atoms with E-state index in [9.17, 15) is 9.36 Å². The summed E-state index contributed by atoms with van der Waals surface area (Å²) in [6.45, 7) is 2.95. The highest BCUT2D eigenvalue weighted by molar-refractivity contribution is 7.54. The molecule has 0 rings (SSSR count). The molecule has 6 heteroatoms. The monoisotopic (exact) mass is 182 g/mol. The van der Waals surface area contributed by atoms with Crippen molar-refractivity contribution in [2.45, 2.75) is 19.5 Å². The molecule has 1 N–H and O–H groups in total. The second-order valence-electron chi connectivity index (χ2n) is 2.20. The molecule has 11 heavy (non-hydrogen) atoms. The molecular weight excluding hydrogens is 171 g/mol. The van der Waals surface area contributed by atoms with E-state index in [0.29, 0.717) is 0 Å². The van der Waals surface area contributed by atoms with Crippen molar-refractivity contribution in [1.82, 2.24) is 0 Å². The first-order valence-electron chi connectivity index (χ1n) is 3.00. The van der Waals surface area contributed by atoms with Gasteiger partial charge in [-0.15, -0.1) is 0 Å². The Hall–Kier alpha value is -0.540. The van der Waals surface area contributed by atoms with E-state index in [2.05, 4.69) is 9.26 Å². The third kappa shape index (κ3) is 3.39. The molecule has 0 saturated carbocycles. The van der Waals surface area contributed by atoms with Crippen LogP contribution in [0.3, 0.4) is 0 Å². The molecule has 0 aliphatic rings. The molecule has 0 amide bonds. The van der Waals surface area contributed by atoms with Gasteiger partial charge in [0.15, 0.2) is 0 Å². The van der Waals surface area contributed by atoms with Crippen LogP contribution in [0.25, 0.3) is 0 Å². The van der Waals surface area contributed by atoms with E-state index < -0.39 is 19.4 Å². The minimum absolute atomic E-state index is 0.610. The predicted octanol–water partition coefficient (Wildman–Crippen LogP) is 1.36. The van der Waals surface area contributed by atoms with Crippen LogP contribution in [0.1, 0.15) is 13.8 Å². The van der Waals surface area contributed by atoms with Gasteiger partial charge in [-0.2, -0.15) is 0 Å². The first-order chi connectivity index (χ1) is 4.90. The van der Waals surface area contributed by atoms with Crippen molar-refractivity contribution in [3.63, 3.8) is 0 Å². The lowest BCUT2D eigenvalue weighted by atomic mass is 10.6. The SMILES string of the molecule is COC(=O)OP(=O)(O)C(C)C. The average Bonchev–Trinajstić information content (AvgIpc) is 1.86. The number of ether oxygens (including phenoxy) is 1. The second-order valence-corrected chi connectivity index (χ2v) is 4.55. The summed E-state index contributed by atoms with van der Waals surface area (Å²) in [5.41, 5.74) is -0.610. The van der Waals surface area contributed by atoms with Crippen LogP contribution in [-0.4, -0.2) is 23.8 Å². The van der Waals surface area contributed by atoms with Crippen molar-refractivity contribution < 1.29 is 23.5 Å². The van der Waals surface area contributed by atoms with E-state index in [1.807, 2.05) is 0 Å². The summed E-state index contributed by atoms with van der Waals surface area (Å²) < 4.78 is 19.1. The first kappa shape index (κ1) is 10.5. The molecule has 66 valence electrons. The van der Waals surface area contributed by atoms with Crippen molar-refractivity contribution in [2.75, 3.05) is 7.11 Å². The molecule has 0 aliphatic carbocycles. The summed E-state index contributed by atoms with van der Waals surface area (Å²) in [5.74, 6) is 0.